The van der Waals surface area contributed by atoms with Crippen molar-refractivity contribution in [1.82, 2.24) is 9.96 Å². The number of ether oxygens (including phenoxy) is 1. The largest absolute Gasteiger partial charge is 0.342 e. The summed E-state index contributed by atoms with van der Waals surface area (Å²) < 4.78 is 7.06. The molecule has 6 nitrogen and oxygen atoms in total. The van der Waals surface area contributed by atoms with Crippen LogP contribution in [0.4, 0.5) is 0 Å². The van der Waals surface area contributed by atoms with Crippen LogP contribution < -0.4 is 0 Å². The van der Waals surface area contributed by atoms with Crippen molar-refractivity contribution in [1.29, 1.82) is 0 Å². The molecule has 0 unspecified atom stereocenters. The maximum absolute atomic E-state index is 13.0. The van der Waals surface area contributed by atoms with Crippen LogP contribution in [0.5, 0.6) is 0 Å². The second-order valence-electron chi connectivity index (χ2n) is 11.9. The Bertz CT molecular complexity index is 700. The second kappa shape index (κ2) is 12.6. The fraction of sp³-hybridized carbons (Fsp3) is 0.793. The van der Waals surface area contributed by atoms with E-state index in [1.54, 1.807) is 11.0 Å². The normalized spacial score (nSPS) is 24.8. The summed E-state index contributed by atoms with van der Waals surface area (Å²) in [4.78, 5) is 33.7. The Morgan fingerprint density at radius 2 is 1.34 bits per heavy atom. The van der Waals surface area contributed by atoms with Gasteiger partial charge in [0.2, 0.25) is 5.91 Å². The van der Waals surface area contributed by atoms with Gasteiger partial charge >= 0.3 is 0 Å². The van der Waals surface area contributed by atoms with Crippen LogP contribution in [-0.4, -0.2) is 58.2 Å². The molecule has 0 N–H and O–H groups in total. The van der Waals surface area contributed by atoms with Gasteiger partial charge in [0.15, 0.2) is 6.29 Å². The van der Waals surface area contributed by atoms with E-state index in [2.05, 4.69) is 40.9 Å². The van der Waals surface area contributed by atoms with Crippen LogP contribution in [-0.2, 0) is 19.2 Å². The van der Waals surface area contributed by atoms with Crippen LogP contribution in [0.25, 0.3) is 0 Å². The van der Waals surface area contributed by atoms with E-state index >= 15 is 0 Å². The maximum atomic E-state index is 13.0. The number of carbonyl (C=O) groups excluding carboxylic acids is 2. The third kappa shape index (κ3) is 7.50. The van der Waals surface area contributed by atoms with Gasteiger partial charge in [0.05, 0.1) is 6.61 Å². The fourth-order valence-corrected chi connectivity index (χ4v) is 6.53. The van der Waals surface area contributed by atoms with Gasteiger partial charge in [-0.05, 0) is 59.5 Å². The zero-order valence-corrected chi connectivity index (χ0v) is 23.1. The first-order valence-electron chi connectivity index (χ1n) is 13.6. The lowest BCUT2D eigenvalue weighted by Crippen LogP contribution is -2.68. The zero-order valence-electron chi connectivity index (χ0n) is 23.1. The summed E-state index contributed by atoms with van der Waals surface area (Å²) in [6, 6.07) is 0. The summed E-state index contributed by atoms with van der Waals surface area (Å²) in [5, 5.41) is 2.00. The molecule has 1 heterocycles. The summed E-state index contributed by atoms with van der Waals surface area (Å²) in [7, 11) is 1.81. The number of rotatable bonds is 8. The molecule has 0 radical (unpaired) electrons. The van der Waals surface area contributed by atoms with Crippen molar-refractivity contribution < 1.29 is 19.2 Å². The second-order valence-corrected chi connectivity index (χ2v) is 11.9. The fourth-order valence-electron chi connectivity index (χ4n) is 6.53. The number of piperidine rings is 1. The van der Waals surface area contributed by atoms with Gasteiger partial charge in [-0.15, -0.1) is 6.58 Å². The molecule has 0 aromatic carbocycles. The first kappa shape index (κ1) is 29.7. The molecule has 200 valence electrons. The molecule has 1 saturated carbocycles. The number of aldehydes is 1. The number of hydroxylamine groups is 2. The van der Waals surface area contributed by atoms with Crippen molar-refractivity contribution in [3.63, 3.8) is 0 Å². The number of hydrogen-bond acceptors (Lipinski definition) is 5. The number of amides is 1. The quantitative estimate of drug-likeness (QED) is 0.172. The molecule has 0 atom stereocenters. The van der Waals surface area contributed by atoms with Crippen LogP contribution in [0.15, 0.2) is 25.3 Å². The molecule has 0 spiro atoms. The molecule has 1 aliphatic heterocycles. The topological polar surface area (TPSA) is 59.1 Å². The van der Waals surface area contributed by atoms with Crippen molar-refractivity contribution in [2.24, 2.45) is 0 Å². The lowest BCUT2D eigenvalue weighted by Gasteiger charge is -2.58. The molecule has 2 rings (SSSR count). The average molecular weight is 491 g/mol. The number of likely N-dealkylation sites (N-methyl/N-ethyl adjacent to an activating group) is 1. The maximum Gasteiger partial charge on any atom is 0.247 e. The van der Waals surface area contributed by atoms with Gasteiger partial charge in [-0.1, -0.05) is 57.6 Å². The molecule has 0 bridgehead atoms. The minimum absolute atomic E-state index is 0.164. The highest BCUT2D eigenvalue weighted by Gasteiger charge is 2.57. The number of nitrogens with zero attached hydrogens (tertiary/aromatic N) is 2. The Morgan fingerprint density at radius 3 is 1.74 bits per heavy atom. The lowest BCUT2D eigenvalue weighted by molar-refractivity contribution is -0.318. The van der Waals surface area contributed by atoms with Gasteiger partial charge in [-0.25, -0.2) is 0 Å². The van der Waals surface area contributed by atoms with Crippen LogP contribution >= 0.6 is 0 Å². The molecule has 6 heteroatoms. The first-order valence-corrected chi connectivity index (χ1v) is 13.6. The van der Waals surface area contributed by atoms with Gasteiger partial charge in [0, 0.05) is 31.0 Å². The summed E-state index contributed by atoms with van der Waals surface area (Å²) >= 11 is 0. The Morgan fingerprint density at radius 1 is 0.886 bits per heavy atom. The Hall–Kier alpha value is -1.50. The predicted molar refractivity (Wildman–Crippen MR) is 142 cm³/mol. The molecule has 2 aliphatic rings. The SMILES string of the molecule is C=CCON1C(C)(C)CC(C=O)(OC2(N(C)C(=O)C=C)CCCCCCCCCCC2)CC1(C)C. The smallest absolute Gasteiger partial charge is 0.247 e. The van der Waals surface area contributed by atoms with Gasteiger partial charge in [0.1, 0.15) is 11.3 Å². The summed E-state index contributed by atoms with van der Waals surface area (Å²) in [5.74, 6) is -0.164. The zero-order chi connectivity index (χ0) is 26.2. The van der Waals surface area contributed by atoms with Crippen molar-refractivity contribution in [3.8, 4) is 0 Å². The average Bonchev–Trinajstić information content (AvgIpc) is 2.78. The van der Waals surface area contributed by atoms with E-state index < -0.39 is 22.4 Å². The molecule has 1 saturated heterocycles. The molecule has 0 aromatic rings. The Balaban J connectivity index is 2.46. The Labute approximate surface area is 214 Å². The third-order valence-corrected chi connectivity index (χ3v) is 7.74. The first-order chi connectivity index (χ1) is 16.5. The molecule has 2 fully saturated rings. The van der Waals surface area contributed by atoms with E-state index in [0.29, 0.717) is 19.4 Å². The lowest BCUT2D eigenvalue weighted by atomic mass is 9.72. The van der Waals surface area contributed by atoms with Crippen molar-refractivity contribution in [2.75, 3.05) is 13.7 Å². The summed E-state index contributed by atoms with van der Waals surface area (Å²) in [6.45, 7) is 16.3. The van der Waals surface area contributed by atoms with E-state index in [4.69, 9.17) is 9.57 Å². The van der Waals surface area contributed by atoms with Crippen LogP contribution in [0, 0.1) is 0 Å². The van der Waals surface area contributed by atoms with Gasteiger partial charge in [-0.2, -0.15) is 5.06 Å². The van der Waals surface area contributed by atoms with Gasteiger partial charge in [-0.3, -0.25) is 9.63 Å². The minimum atomic E-state index is -1.03. The number of carbonyl (C=O) groups is 2. The van der Waals surface area contributed by atoms with E-state index in [1.165, 1.54) is 38.2 Å². The van der Waals surface area contributed by atoms with Crippen LogP contribution in [0.3, 0.4) is 0 Å². The summed E-state index contributed by atoms with van der Waals surface area (Å²) in [5.41, 5.74) is -2.80. The van der Waals surface area contributed by atoms with Gasteiger partial charge in [0.25, 0.3) is 0 Å². The molecular weight excluding hydrogens is 440 g/mol. The highest BCUT2D eigenvalue weighted by atomic mass is 16.7. The van der Waals surface area contributed by atoms with Crippen molar-refractivity contribution >= 4 is 12.2 Å². The van der Waals surface area contributed by atoms with Gasteiger partial charge < -0.3 is 14.4 Å². The summed E-state index contributed by atoms with van der Waals surface area (Å²) in [6.07, 6.45) is 16.8. The van der Waals surface area contributed by atoms with Crippen LogP contribution in [0.1, 0.15) is 111 Å². The van der Waals surface area contributed by atoms with E-state index in [-0.39, 0.29) is 5.91 Å². The number of hydrogen-bond donors (Lipinski definition) is 0. The predicted octanol–water partition coefficient (Wildman–Crippen LogP) is 6.36. The molecule has 1 amide bonds. The monoisotopic (exact) mass is 490 g/mol. The van der Waals surface area contributed by atoms with Crippen molar-refractivity contribution in [2.45, 2.75) is 134 Å². The van der Waals surface area contributed by atoms with E-state index in [1.807, 2.05) is 12.1 Å². The molecule has 35 heavy (non-hydrogen) atoms. The highest BCUT2D eigenvalue weighted by molar-refractivity contribution is 5.87. The van der Waals surface area contributed by atoms with E-state index in [0.717, 1.165) is 44.8 Å². The molecule has 0 aromatic heterocycles. The van der Waals surface area contributed by atoms with E-state index in [9.17, 15) is 9.59 Å². The molecule has 1 aliphatic carbocycles. The van der Waals surface area contributed by atoms with Crippen molar-refractivity contribution in [3.05, 3.63) is 25.3 Å². The molecular formula is C29H50N2O4. The minimum Gasteiger partial charge on any atom is -0.342 e. The van der Waals surface area contributed by atoms with Crippen LogP contribution in [0.2, 0.25) is 0 Å². The standard InChI is InChI=1S/C29H50N2O4/c1-8-21-34-31-26(3,4)22-28(24-32,23-27(31,5)6)35-29(30(7)25(33)9-2)19-17-15-13-11-10-12-14-16-18-20-29/h8-9,24H,1-2,10-23H2,3-7H3. The third-order valence-electron chi connectivity index (χ3n) is 7.74. The Kier molecular flexibility index (Phi) is 10.7. The highest BCUT2D eigenvalue weighted by Crippen LogP contribution is 2.48.